The third-order valence-electron chi connectivity index (χ3n) is 4.10. The van der Waals surface area contributed by atoms with Crippen molar-refractivity contribution >= 4 is 10.2 Å². The van der Waals surface area contributed by atoms with E-state index in [1.807, 2.05) is 18.5 Å². The summed E-state index contributed by atoms with van der Waals surface area (Å²) in [5.74, 6) is 0.840. The normalized spacial score (nSPS) is 17.9. The highest BCUT2D eigenvalue weighted by Crippen LogP contribution is 2.13. The van der Waals surface area contributed by atoms with Gasteiger partial charge in [-0.3, -0.25) is 4.90 Å². The Labute approximate surface area is 138 Å². The Hall–Kier alpha value is -1.10. The molecule has 9 nitrogen and oxygen atoms in total. The van der Waals surface area contributed by atoms with E-state index in [-0.39, 0.29) is 0 Å². The van der Waals surface area contributed by atoms with Crippen molar-refractivity contribution in [3.63, 3.8) is 0 Å². The van der Waals surface area contributed by atoms with E-state index >= 15 is 0 Å². The summed E-state index contributed by atoms with van der Waals surface area (Å²) in [6.07, 6.45) is 0.980. The van der Waals surface area contributed by atoms with Crippen molar-refractivity contribution in [1.29, 1.82) is 0 Å². The highest BCUT2D eigenvalue weighted by molar-refractivity contribution is 7.86. The molecule has 1 aromatic heterocycles. The van der Waals surface area contributed by atoms with Crippen molar-refractivity contribution in [2.45, 2.75) is 40.3 Å². The van der Waals surface area contributed by atoms with Gasteiger partial charge in [-0.15, -0.1) is 5.10 Å². The van der Waals surface area contributed by atoms with Gasteiger partial charge in [0, 0.05) is 45.8 Å². The maximum atomic E-state index is 12.5. The van der Waals surface area contributed by atoms with Gasteiger partial charge in [0.1, 0.15) is 0 Å². The van der Waals surface area contributed by atoms with Crippen molar-refractivity contribution in [1.82, 2.24) is 33.7 Å². The van der Waals surface area contributed by atoms with Crippen molar-refractivity contribution < 1.29 is 8.42 Å². The summed E-state index contributed by atoms with van der Waals surface area (Å²) in [5.41, 5.74) is 0. The van der Waals surface area contributed by atoms with Crippen LogP contribution >= 0.6 is 0 Å². The van der Waals surface area contributed by atoms with Crippen LogP contribution in [0.25, 0.3) is 0 Å². The smallest absolute Gasteiger partial charge is 0.282 e. The first-order chi connectivity index (χ1) is 11.0. The Morgan fingerprint density at radius 3 is 2.30 bits per heavy atom. The fourth-order valence-electron chi connectivity index (χ4n) is 2.75. The van der Waals surface area contributed by atoms with Gasteiger partial charge < -0.3 is 0 Å². The molecule has 23 heavy (non-hydrogen) atoms. The van der Waals surface area contributed by atoms with E-state index in [4.69, 9.17) is 0 Å². The number of rotatable bonds is 8. The molecule has 1 saturated heterocycles. The molecule has 0 aromatic carbocycles. The molecule has 0 bridgehead atoms. The zero-order valence-electron chi connectivity index (χ0n) is 14.2. The maximum absolute atomic E-state index is 12.5. The highest BCUT2D eigenvalue weighted by atomic mass is 32.2. The monoisotopic (exact) mass is 345 g/mol. The number of aromatic nitrogens is 4. The number of piperazine rings is 1. The zero-order valence-corrected chi connectivity index (χ0v) is 15.0. The van der Waals surface area contributed by atoms with Crippen LogP contribution in [0.5, 0.6) is 0 Å². The molecule has 2 rings (SSSR count). The lowest BCUT2D eigenvalue weighted by Crippen LogP contribution is -2.52. The molecule has 0 N–H and O–H groups in total. The third-order valence-corrected chi connectivity index (χ3v) is 6.28. The summed E-state index contributed by atoms with van der Waals surface area (Å²) in [7, 11) is -3.33. The Bertz CT molecular complexity index is 577. The second-order valence-electron chi connectivity index (χ2n) is 5.59. The summed E-state index contributed by atoms with van der Waals surface area (Å²) in [5, 5.41) is 11.8. The number of nitrogens with zero attached hydrogens (tertiary/aromatic N) is 7. The summed E-state index contributed by atoms with van der Waals surface area (Å²) >= 11 is 0. The standard InChI is InChI=1S/C13H27N7O2S/c1-4-7-20-13(14-15-16-20)12-17-8-10-19(11-9-17)23(21,22)18(5-2)6-3/h4-12H2,1-3H3. The van der Waals surface area contributed by atoms with Crippen LogP contribution in [0, 0.1) is 0 Å². The van der Waals surface area contributed by atoms with Crippen molar-refractivity contribution in [3.05, 3.63) is 5.82 Å². The van der Waals surface area contributed by atoms with Crippen molar-refractivity contribution in [3.8, 4) is 0 Å². The summed E-state index contributed by atoms with van der Waals surface area (Å²) in [6, 6.07) is 0. The molecule has 0 aliphatic carbocycles. The van der Waals surface area contributed by atoms with Gasteiger partial charge in [0.2, 0.25) is 0 Å². The van der Waals surface area contributed by atoms with Crippen molar-refractivity contribution in [2.24, 2.45) is 0 Å². The van der Waals surface area contributed by atoms with Gasteiger partial charge in [0.25, 0.3) is 10.2 Å². The minimum atomic E-state index is -3.33. The van der Waals surface area contributed by atoms with Gasteiger partial charge >= 0.3 is 0 Å². The van der Waals surface area contributed by atoms with Gasteiger partial charge in [-0.1, -0.05) is 20.8 Å². The summed E-state index contributed by atoms with van der Waals surface area (Å²) in [4.78, 5) is 2.20. The lowest BCUT2D eigenvalue weighted by molar-refractivity contribution is 0.169. The molecular formula is C13H27N7O2S. The third kappa shape index (κ3) is 4.25. The molecule has 0 saturated carbocycles. The molecule has 0 atom stereocenters. The average Bonchev–Trinajstić information content (AvgIpc) is 2.96. The highest BCUT2D eigenvalue weighted by Gasteiger charge is 2.31. The Balaban J connectivity index is 1.92. The summed E-state index contributed by atoms with van der Waals surface area (Å²) in [6.45, 7) is 10.7. The first-order valence-corrected chi connectivity index (χ1v) is 9.65. The molecular weight excluding hydrogens is 318 g/mol. The maximum Gasteiger partial charge on any atom is 0.282 e. The fraction of sp³-hybridized carbons (Fsp3) is 0.923. The minimum absolute atomic E-state index is 0.505. The van der Waals surface area contributed by atoms with E-state index < -0.39 is 10.2 Å². The van der Waals surface area contributed by atoms with Crippen LogP contribution in [-0.4, -0.2) is 81.4 Å². The molecule has 0 radical (unpaired) electrons. The minimum Gasteiger partial charge on any atom is -0.293 e. The molecule has 1 aliphatic heterocycles. The van der Waals surface area contributed by atoms with E-state index in [0.29, 0.717) is 45.8 Å². The lowest BCUT2D eigenvalue weighted by atomic mass is 10.3. The predicted octanol–water partition coefficient (Wildman–Crippen LogP) is -0.213. The van der Waals surface area contributed by atoms with Gasteiger partial charge in [0.15, 0.2) is 5.82 Å². The van der Waals surface area contributed by atoms with Crippen LogP contribution in [-0.2, 0) is 23.3 Å². The quantitative estimate of drug-likeness (QED) is 0.648. The van der Waals surface area contributed by atoms with E-state index in [1.54, 1.807) is 4.31 Å². The van der Waals surface area contributed by atoms with Crippen molar-refractivity contribution in [2.75, 3.05) is 39.3 Å². The first kappa shape index (κ1) is 18.2. The molecule has 1 fully saturated rings. The summed E-state index contributed by atoms with van der Waals surface area (Å²) < 4.78 is 29.9. The molecule has 1 aromatic rings. The molecule has 1 aliphatic rings. The number of hydrogen-bond donors (Lipinski definition) is 0. The van der Waals surface area contributed by atoms with E-state index in [2.05, 4.69) is 27.3 Å². The van der Waals surface area contributed by atoms with E-state index in [9.17, 15) is 8.42 Å². The second kappa shape index (κ2) is 8.13. The molecule has 0 unspecified atom stereocenters. The molecule has 2 heterocycles. The van der Waals surface area contributed by atoms with Gasteiger partial charge in [0.05, 0.1) is 6.54 Å². The van der Waals surface area contributed by atoms with Gasteiger partial charge in [-0.2, -0.15) is 17.0 Å². The number of aryl methyl sites for hydroxylation is 1. The average molecular weight is 345 g/mol. The van der Waals surface area contributed by atoms with E-state index in [1.165, 1.54) is 4.31 Å². The Morgan fingerprint density at radius 1 is 1.09 bits per heavy atom. The Kier molecular flexibility index (Phi) is 6.45. The fourth-order valence-corrected chi connectivity index (χ4v) is 4.36. The van der Waals surface area contributed by atoms with Crippen LogP contribution in [0.1, 0.15) is 33.0 Å². The predicted molar refractivity (Wildman–Crippen MR) is 86.8 cm³/mol. The SMILES string of the molecule is CCCn1nnnc1CN1CCN(S(=O)(=O)N(CC)CC)CC1. The van der Waals surface area contributed by atoms with Crippen LogP contribution in [0.4, 0.5) is 0 Å². The van der Waals surface area contributed by atoms with Gasteiger partial charge in [-0.25, -0.2) is 4.68 Å². The molecule has 10 heteroatoms. The van der Waals surface area contributed by atoms with Crippen LogP contribution < -0.4 is 0 Å². The number of hydrogen-bond acceptors (Lipinski definition) is 6. The molecule has 0 spiro atoms. The largest absolute Gasteiger partial charge is 0.293 e. The first-order valence-electron chi connectivity index (χ1n) is 8.25. The zero-order chi connectivity index (χ0) is 16.9. The van der Waals surface area contributed by atoms with E-state index in [0.717, 1.165) is 18.8 Å². The van der Waals surface area contributed by atoms with Crippen LogP contribution in [0.3, 0.4) is 0 Å². The topological polar surface area (TPSA) is 87.5 Å². The van der Waals surface area contributed by atoms with Crippen LogP contribution in [0.15, 0.2) is 0 Å². The second-order valence-corrected chi connectivity index (χ2v) is 7.51. The number of tetrazole rings is 1. The Morgan fingerprint density at radius 2 is 1.74 bits per heavy atom. The lowest BCUT2D eigenvalue weighted by Gasteiger charge is -2.36. The van der Waals surface area contributed by atoms with Crippen LogP contribution in [0.2, 0.25) is 0 Å². The van der Waals surface area contributed by atoms with Gasteiger partial charge in [-0.05, 0) is 16.8 Å². The molecule has 0 amide bonds. The molecule has 132 valence electrons.